The van der Waals surface area contributed by atoms with Crippen molar-refractivity contribution >= 4 is 27.6 Å². The van der Waals surface area contributed by atoms with E-state index >= 15 is 0 Å². The average Bonchev–Trinajstić information content (AvgIpc) is 2.71. The number of nitrogens with one attached hydrogen (secondary N) is 2. The zero-order valence-corrected chi connectivity index (χ0v) is 18.4. The van der Waals surface area contributed by atoms with E-state index in [0.717, 1.165) is 6.42 Å². The molecule has 9 heteroatoms. The highest BCUT2D eigenvalue weighted by Gasteiger charge is 2.16. The van der Waals surface area contributed by atoms with Crippen molar-refractivity contribution in [2.45, 2.75) is 32.1 Å². The van der Waals surface area contributed by atoms with Gasteiger partial charge in [-0.3, -0.25) is 4.79 Å². The van der Waals surface area contributed by atoms with Gasteiger partial charge >= 0.3 is 0 Å². The highest BCUT2D eigenvalue weighted by molar-refractivity contribution is 7.92. The van der Waals surface area contributed by atoms with Crippen molar-refractivity contribution in [1.82, 2.24) is 9.97 Å². The summed E-state index contributed by atoms with van der Waals surface area (Å²) < 4.78 is 33.1. The number of hydrogen-bond donors (Lipinski definition) is 2. The number of carbonyl (C=O) groups is 1. The van der Waals surface area contributed by atoms with Gasteiger partial charge in [-0.1, -0.05) is 13.0 Å². The van der Waals surface area contributed by atoms with Crippen LogP contribution in [0.5, 0.6) is 5.75 Å². The largest absolute Gasteiger partial charge is 0.494 e. The van der Waals surface area contributed by atoms with E-state index in [9.17, 15) is 13.2 Å². The van der Waals surface area contributed by atoms with Crippen molar-refractivity contribution < 1.29 is 17.9 Å². The quantitative estimate of drug-likeness (QED) is 0.549. The summed E-state index contributed by atoms with van der Waals surface area (Å²) in [6.07, 6.45) is 0.871. The smallest absolute Gasteiger partial charge is 0.264 e. The molecule has 1 aromatic heterocycles. The normalized spacial score (nSPS) is 11.1. The molecule has 8 nitrogen and oxygen atoms in total. The van der Waals surface area contributed by atoms with Crippen LogP contribution in [0.4, 0.5) is 11.6 Å². The molecular formula is C22H24N4O4S. The molecule has 0 atom stereocenters. The van der Waals surface area contributed by atoms with E-state index in [1.807, 2.05) is 6.92 Å². The van der Waals surface area contributed by atoms with Crippen LogP contribution in [0, 0.1) is 13.8 Å². The summed E-state index contributed by atoms with van der Waals surface area (Å²) in [5.41, 5.74) is 2.23. The van der Waals surface area contributed by atoms with Gasteiger partial charge in [0.05, 0.1) is 11.5 Å². The lowest BCUT2D eigenvalue weighted by molar-refractivity contribution is 0.102. The lowest BCUT2D eigenvalue weighted by Crippen LogP contribution is -2.16. The number of sulfonamides is 1. The summed E-state index contributed by atoms with van der Waals surface area (Å²) in [6, 6.07) is 14.5. The Hall–Kier alpha value is -3.46. The van der Waals surface area contributed by atoms with Gasteiger partial charge in [-0.25, -0.2) is 23.1 Å². The molecule has 1 heterocycles. The number of amides is 1. The van der Waals surface area contributed by atoms with Gasteiger partial charge in [-0.2, -0.15) is 0 Å². The Balaban J connectivity index is 1.70. The van der Waals surface area contributed by atoms with Crippen LogP contribution in [-0.2, 0) is 10.0 Å². The second-order valence-electron chi connectivity index (χ2n) is 6.93. The number of benzene rings is 2. The molecule has 0 saturated heterocycles. The standard InChI is InChI=1S/C22H24N4O4S/c1-4-12-30-19-7-5-6-17(14-19)21(27)25-18-8-10-20(11-9-18)31(28,29)26-22-23-15(2)13-16(3)24-22/h5-11,13-14H,4,12H2,1-3H3,(H,25,27)(H,23,24,26). The van der Waals surface area contributed by atoms with Crippen molar-refractivity contribution in [2.24, 2.45) is 0 Å². The Morgan fingerprint density at radius 3 is 2.32 bits per heavy atom. The van der Waals surface area contributed by atoms with Gasteiger partial charge in [-0.05, 0) is 68.8 Å². The second kappa shape index (κ2) is 9.57. The second-order valence-corrected chi connectivity index (χ2v) is 8.62. The van der Waals surface area contributed by atoms with Crippen LogP contribution >= 0.6 is 0 Å². The van der Waals surface area contributed by atoms with Gasteiger partial charge < -0.3 is 10.1 Å². The summed E-state index contributed by atoms with van der Waals surface area (Å²) >= 11 is 0. The molecule has 162 valence electrons. The van der Waals surface area contributed by atoms with E-state index in [2.05, 4.69) is 20.0 Å². The van der Waals surface area contributed by atoms with E-state index < -0.39 is 10.0 Å². The van der Waals surface area contributed by atoms with Crippen molar-refractivity contribution in [3.05, 3.63) is 71.5 Å². The minimum Gasteiger partial charge on any atom is -0.494 e. The zero-order chi connectivity index (χ0) is 22.4. The Morgan fingerprint density at radius 1 is 1.00 bits per heavy atom. The SMILES string of the molecule is CCCOc1cccc(C(=O)Nc2ccc(S(=O)(=O)Nc3nc(C)cc(C)n3)cc2)c1. The molecule has 0 aliphatic carbocycles. The lowest BCUT2D eigenvalue weighted by Gasteiger charge is -2.10. The first-order chi connectivity index (χ1) is 14.8. The van der Waals surface area contributed by atoms with Crippen LogP contribution in [0.15, 0.2) is 59.5 Å². The van der Waals surface area contributed by atoms with E-state index in [-0.39, 0.29) is 16.8 Å². The Bertz CT molecular complexity index is 1160. The maximum atomic E-state index is 12.6. The fraction of sp³-hybridized carbons (Fsp3) is 0.227. The number of hydrogen-bond acceptors (Lipinski definition) is 6. The molecule has 0 spiro atoms. The molecule has 0 fully saturated rings. The molecule has 0 aliphatic heterocycles. The van der Waals surface area contributed by atoms with Crippen molar-refractivity contribution in [1.29, 1.82) is 0 Å². The first-order valence-corrected chi connectivity index (χ1v) is 11.2. The summed E-state index contributed by atoms with van der Waals surface area (Å²) in [5, 5.41) is 2.75. The molecule has 2 N–H and O–H groups in total. The van der Waals surface area contributed by atoms with Gasteiger partial charge in [0.2, 0.25) is 5.95 Å². The number of nitrogens with zero attached hydrogens (tertiary/aromatic N) is 2. The molecule has 0 radical (unpaired) electrons. The summed E-state index contributed by atoms with van der Waals surface area (Å²) in [5.74, 6) is 0.315. The van der Waals surface area contributed by atoms with E-state index in [0.29, 0.717) is 35.0 Å². The maximum absolute atomic E-state index is 12.6. The summed E-state index contributed by atoms with van der Waals surface area (Å²) in [7, 11) is -3.86. The number of ether oxygens (including phenoxy) is 1. The Labute approximate surface area is 181 Å². The third kappa shape index (κ3) is 6.02. The van der Waals surface area contributed by atoms with Crippen LogP contribution in [0.2, 0.25) is 0 Å². The van der Waals surface area contributed by atoms with Crippen LogP contribution in [-0.4, -0.2) is 30.9 Å². The summed E-state index contributed by atoms with van der Waals surface area (Å²) in [4.78, 5) is 20.7. The van der Waals surface area contributed by atoms with Gasteiger partial charge in [-0.15, -0.1) is 0 Å². The molecule has 1 amide bonds. The van der Waals surface area contributed by atoms with Gasteiger partial charge in [0, 0.05) is 22.6 Å². The molecule has 0 bridgehead atoms. The minimum atomic E-state index is -3.86. The molecule has 31 heavy (non-hydrogen) atoms. The van der Waals surface area contributed by atoms with Crippen molar-refractivity contribution in [3.8, 4) is 5.75 Å². The Morgan fingerprint density at radius 2 is 1.68 bits per heavy atom. The number of anilines is 2. The van der Waals surface area contributed by atoms with Crippen LogP contribution in [0.3, 0.4) is 0 Å². The third-order valence-corrected chi connectivity index (χ3v) is 5.54. The fourth-order valence-electron chi connectivity index (χ4n) is 2.82. The predicted molar refractivity (Wildman–Crippen MR) is 119 cm³/mol. The number of rotatable bonds is 8. The van der Waals surface area contributed by atoms with E-state index in [1.165, 1.54) is 24.3 Å². The molecule has 2 aromatic carbocycles. The molecular weight excluding hydrogens is 416 g/mol. The molecule has 3 aromatic rings. The number of aromatic nitrogens is 2. The van der Waals surface area contributed by atoms with E-state index in [4.69, 9.17) is 4.74 Å². The molecule has 0 aliphatic rings. The topological polar surface area (TPSA) is 110 Å². The predicted octanol–water partition coefficient (Wildman–Crippen LogP) is 3.94. The highest BCUT2D eigenvalue weighted by atomic mass is 32.2. The first kappa shape index (κ1) is 22.2. The maximum Gasteiger partial charge on any atom is 0.264 e. The molecule has 3 rings (SSSR count). The van der Waals surface area contributed by atoms with Crippen LogP contribution < -0.4 is 14.8 Å². The highest BCUT2D eigenvalue weighted by Crippen LogP contribution is 2.19. The van der Waals surface area contributed by atoms with Crippen LogP contribution in [0.1, 0.15) is 35.1 Å². The lowest BCUT2D eigenvalue weighted by atomic mass is 10.2. The van der Waals surface area contributed by atoms with Gasteiger partial charge in [0.25, 0.3) is 15.9 Å². The number of carbonyl (C=O) groups excluding carboxylic acids is 1. The van der Waals surface area contributed by atoms with Gasteiger partial charge in [0.15, 0.2) is 0 Å². The van der Waals surface area contributed by atoms with Crippen molar-refractivity contribution in [3.63, 3.8) is 0 Å². The first-order valence-electron chi connectivity index (χ1n) is 9.76. The number of aryl methyl sites for hydroxylation is 2. The fourth-order valence-corrected chi connectivity index (χ4v) is 3.76. The van der Waals surface area contributed by atoms with Crippen molar-refractivity contribution in [2.75, 3.05) is 16.6 Å². The third-order valence-electron chi connectivity index (χ3n) is 4.20. The van der Waals surface area contributed by atoms with Gasteiger partial charge in [0.1, 0.15) is 5.75 Å². The molecule has 0 unspecified atom stereocenters. The zero-order valence-electron chi connectivity index (χ0n) is 17.5. The Kier molecular flexibility index (Phi) is 6.86. The monoisotopic (exact) mass is 440 g/mol. The molecule has 0 saturated carbocycles. The average molecular weight is 441 g/mol. The van der Waals surface area contributed by atoms with Crippen LogP contribution in [0.25, 0.3) is 0 Å². The van der Waals surface area contributed by atoms with E-state index in [1.54, 1.807) is 44.2 Å². The minimum absolute atomic E-state index is 0.0139. The summed E-state index contributed by atoms with van der Waals surface area (Å²) in [6.45, 7) is 6.10.